The Hall–Kier alpha value is -2.88. The molecule has 2 saturated heterocycles. The van der Waals surface area contributed by atoms with Crippen molar-refractivity contribution in [1.29, 1.82) is 0 Å². The van der Waals surface area contributed by atoms with E-state index in [2.05, 4.69) is 10.2 Å². The van der Waals surface area contributed by atoms with E-state index < -0.39 is 16.9 Å². The Balaban J connectivity index is 1.29. The van der Waals surface area contributed by atoms with Crippen LogP contribution >= 0.6 is 0 Å². The molecule has 3 aliphatic heterocycles. The van der Waals surface area contributed by atoms with Crippen LogP contribution in [0.2, 0.25) is 0 Å². The van der Waals surface area contributed by atoms with Crippen molar-refractivity contribution in [2.24, 2.45) is 0 Å². The number of halogens is 1. The molecular formula is C21H23FN4O4S. The minimum Gasteiger partial charge on any atom is -0.487 e. The number of aromatic nitrogens is 1. The maximum absolute atomic E-state index is 13.1. The maximum Gasteiger partial charge on any atom is 0.407 e. The SMILES string of the molecule is O=C(O)N1CC[C@H](Nc2cc(N3CC(Oc4ccc(F)cc4)C3)nc3c2S(=O)CC3)C1. The molecule has 2 N–H and O–H groups in total. The molecular weight excluding hydrogens is 423 g/mol. The van der Waals surface area contributed by atoms with Crippen molar-refractivity contribution >= 4 is 28.4 Å². The molecule has 164 valence electrons. The average Bonchev–Trinajstić information content (AvgIpc) is 3.33. The second-order valence-corrected chi connectivity index (χ2v) is 9.57. The first kappa shape index (κ1) is 20.0. The molecule has 0 spiro atoms. The fraction of sp³-hybridized carbons (Fsp3) is 0.429. The van der Waals surface area contributed by atoms with Gasteiger partial charge in [0, 0.05) is 37.4 Å². The third-order valence-corrected chi connectivity index (χ3v) is 7.37. The van der Waals surface area contributed by atoms with Gasteiger partial charge in [0.05, 0.1) is 40.2 Å². The standard InChI is InChI=1S/C21H23FN4O4S/c22-13-1-3-15(4-2-13)30-16-11-26(12-16)19-9-18(20-17(24-19)6-8-31(20)29)23-14-5-7-25(10-14)21(27)28/h1-4,9,14,16H,5-8,10-12H2,(H,23,24)(H,27,28)/t14-,31?/m0/s1. The molecule has 2 atom stereocenters. The van der Waals surface area contributed by atoms with Crippen LogP contribution < -0.4 is 15.0 Å². The van der Waals surface area contributed by atoms with Gasteiger partial charge in [-0.3, -0.25) is 4.21 Å². The monoisotopic (exact) mass is 446 g/mol. The van der Waals surface area contributed by atoms with Crippen LogP contribution in [0.25, 0.3) is 0 Å². The number of carbonyl (C=O) groups is 1. The highest BCUT2D eigenvalue weighted by Crippen LogP contribution is 2.35. The Morgan fingerprint density at radius 1 is 1.26 bits per heavy atom. The minimum absolute atomic E-state index is 0.00925. The number of amides is 1. The quantitative estimate of drug-likeness (QED) is 0.728. The maximum atomic E-state index is 13.1. The summed E-state index contributed by atoms with van der Waals surface area (Å²) in [5.74, 6) is 1.70. The smallest absolute Gasteiger partial charge is 0.407 e. The summed E-state index contributed by atoms with van der Waals surface area (Å²) < 4.78 is 31.5. The number of fused-ring (bicyclic) bond motifs is 1. The second-order valence-electron chi connectivity index (χ2n) is 8.06. The van der Waals surface area contributed by atoms with E-state index >= 15 is 0 Å². The van der Waals surface area contributed by atoms with Crippen molar-refractivity contribution in [2.75, 3.05) is 42.1 Å². The van der Waals surface area contributed by atoms with Crippen LogP contribution in [-0.2, 0) is 17.2 Å². The fourth-order valence-corrected chi connectivity index (χ4v) is 5.59. The summed E-state index contributed by atoms with van der Waals surface area (Å²) in [6.07, 6.45) is 0.453. The van der Waals surface area contributed by atoms with Crippen LogP contribution in [-0.4, -0.2) is 69.4 Å². The van der Waals surface area contributed by atoms with Gasteiger partial charge in [-0.15, -0.1) is 0 Å². The third kappa shape index (κ3) is 4.04. The highest BCUT2D eigenvalue weighted by Gasteiger charge is 2.34. The van der Waals surface area contributed by atoms with Crippen molar-refractivity contribution in [3.8, 4) is 5.75 Å². The van der Waals surface area contributed by atoms with Gasteiger partial charge in [0.2, 0.25) is 0 Å². The number of benzene rings is 1. The molecule has 3 aliphatic rings. The number of likely N-dealkylation sites (tertiary alicyclic amines) is 1. The van der Waals surface area contributed by atoms with E-state index in [0.717, 1.165) is 22.1 Å². The molecule has 10 heteroatoms. The van der Waals surface area contributed by atoms with Gasteiger partial charge in [-0.1, -0.05) is 0 Å². The minimum atomic E-state index is -1.10. The van der Waals surface area contributed by atoms with Gasteiger partial charge in [-0.25, -0.2) is 14.2 Å². The zero-order valence-corrected chi connectivity index (χ0v) is 17.6. The van der Waals surface area contributed by atoms with Crippen molar-refractivity contribution in [3.63, 3.8) is 0 Å². The van der Waals surface area contributed by atoms with E-state index in [1.165, 1.54) is 17.0 Å². The lowest BCUT2D eigenvalue weighted by Gasteiger charge is -2.40. The Morgan fingerprint density at radius 2 is 2.03 bits per heavy atom. The van der Waals surface area contributed by atoms with Crippen molar-refractivity contribution in [2.45, 2.75) is 29.9 Å². The van der Waals surface area contributed by atoms with Gasteiger partial charge in [0.25, 0.3) is 0 Å². The molecule has 4 heterocycles. The van der Waals surface area contributed by atoms with Crippen molar-refractivity contribution in [1.82, 2.24) is 9.88 Å². The zero-order valence-electron chi connectivity index (χ0n) is 16.8. The largest absolute Gasteiger partial charge is 0.487 e. The molecule has 0 saturated carbocycles. The molecule has 0 radical (unpaired) electrons. The molecule has 0 bridgehead atoms. The fourth-order valence-electron chi connectivity index (χ4n) is 4.23. The number of hydrogen-bond acceptors (Lipinski definition) is 6. The second kappa shape index (κ2) is 7.99. The molecule has 2 fully saturated rings. The third-order valence-electron chi connectivity index (χ3n) is 5.89. The highest BCUT2D eigenvalue weighted by atomic mass is 32.2. The average molecular weight is 447 g/mol. The van der Waals surface area contributed by atoms with Gasteiger partial charge < -0.3 is 25.0 Å². The molecule has 1 amide bonds. The normalized spacial score (nSPS) is 22.9. The zero-order chi connectivity index (χ0) is 21.5. The van der Waals surface area contributed by atoms with E-state index in [-0.39, 0.29) is 18.0 Å². The van der Waals surface area contributed by atoms with Crippen molar-refractivity contribution < 1.29 is 23.2 Å². The molecule has 1 unspecified atom stereocenters. The number of ether oxygens (including phenoxy) is 1. The van der Waals surface area contributed by atoms with Crippen LogP contribution in [0.1, 0.15) is 12.1 Å². The first-order chi connectivity index (χ1) is 15.0. The predicted molar refractivity (Wildman–Crippen MR) is 114 cm³/mol. The van der Waals surface area contributed by atoms with E-state index in [9.17, 15) is 18.5 Å². The van der Waals surface area contributed by atoms with E-state index in [4.69, 9.17) is 9.72 Å². The van der Waals surface area contributed by atoms with Crippen LogP contribution in [0.15, 0.2) is 35.2 Å². The van der Waals surface area contributed by atoms with Crippen molar-refractivity contribution in [3.05, 3.63) is 41.8 Å². The summed E-state index contributed by atoms with van der Waals surface area (Å²) in [5.41, 5.74) is 1.63. The Kier molecular flexibility index (Phi) is 5.17. The molecule has 5 rings (SSSR count). The summed E-state index contributed by atoms with van der Waals surface area (Å²) >= 11 is 0. The summed E-state index contributed by atoms with van der Waals surface area (Å²) in [7, 11) is -1.10. The van der Waals surface area contributed by atoms with Gasteiger partial charge in [0.15, 0.2) is 0 Å². The van der Waals surface area contributed by atoms with Gasteiger partial charge in [-0.05, 0) is 30.7 Å². The number of nitrogens with zero attached hydrogens (tertiary/aromatic N) is 3. The molecule has 0 aliphatic carbocycles. The van der Waals surface area contributed by atoms with Gasteiger partial charge in [-0.2, -0.15) is 0 Å². The lowest BCUT2D eigenvalue weighted by molar-refractivity contribution is 0.155. The first-order valence-electron chi connectivity index (χ1n) is 10.3. The molecule has 31 heavy (non-hydrogen) atoms. The topological polar surface area (TPSA) is 95.0 Å². The molecule has 8 nitrogen and oxygen atoms in total. The van der Waals surface area contributed by atoms with E-state index in [0.29, 0.717) is 50.5 Å². The van der Waals surface area contributed by atoms with Gasteiger partial charge in [0.1, 0.15) is 23.5 Å². The summed E-state index contributed by atoms with van der Waals surface area (Å²) in [5, 5.41) is 12.6. The predicted octanol–water partition coefficient (Wildman–Crippen LogP) is 2.32. The van der Waals surface area contributed by atoms with Crippen LogP contribution in [0.4, 0.5) is 20.7 Å². The number of pyridine rings is 1. The Morgan fingerprint density at radius 3 is 2.74 bits per heavy atom. The molecule has 1 aromatic heterocycles. The van der Waals surface area contributed by atoms with Crippen LogP contribution in [0.5, 0.6) is 5.75 Å². The lowest BCUT2D eigenvalue weighted by Crippen LogP contribution is -2.54. The summed E-state index contributed by atoms with van der Waals surface area (Å²) in [6, 6.07) is 7.88. The lowest BCUT2D eigenvalue weighted by atomic mass is 10.1. The number of hydrogen-bond donors (Lipinski definition) is 2. The number of rotatable bonds is 5. The van der Waals surface area contributed by atoms with Crippen LogP contribution in [0, 0.1) is 5.82 Å². The van der Waals surface area contributed by atoms with Gasteiger partial charge >= 0.3 is 6.09 Å². The first-order valence-corrected chi connectivity index (χ1v) is 11.6. The number of nitrogens with one attached hydrogen (secondary N) is 1. The van der Waals surface area contributed by atoms with E-state index in [1.54, 1.807) is 12.1 Å². The number of anilines is 2. The Bertz CT molecular complexity index is 1030. The highest BCUT2D eigenvalue weighted by molar-refractivity contribution is 7.85. The van der Waals surface area contributed by atoms with E-state index in [1.807, 2.05) is 6.07 Å². The van der Waals surface area contributed by atoms with Crippen LogP contribution in [0.3, 0.4) is 0 Å². The Labute approximate surface area is 181 Å². The summed E-state index contributed by atoms with van der Waals surface area (Å²) in [4.78, 5) is 20.2. The summed E-state index contributed by atoms with van der Waals surface area (Å²) in [6.45, 7) is 2.21. The molecule has 2 aromatic rings. The molecule has 1 aromatic carbocycles. The number of aryl methyl sites for hydroxylation is 1. The number of carboxylic acid groups (broad SMARTS) is 1.